The summed E-state index contributed by atoms with van der Waals surface area (Å²) in [6, 6.07) is 0. The van der Waals surface area contributed by atoms with Gasteiger partial charge in [-0.15, -0.1) is 0 Å². The SMILES string of the molecule is O=C1OC(S(=O)(=O)[O-])c2c(I)c(I)c(I)c(I)c21.[Li+]. The maximum Gasteiger partial charge on any atom is 1.00 e. The van der Waals surface area contributed by atoms with Crippen LogP contribution < -0.4 is 18.9 Å². The summed E-state index contributed by atoms with van der Waals surface area (Å²) in [6.07, 6.45) is 0. The van der Waals surface area contributed by atoms with Crippen LogP contribution in [0, 0.1) is 14.3 Å². The van der Waals surface area contributed by atoms with E-state index in [0.29, 0.717) is 7.14 Å². The summed E-state index contributed by atoms with van der Waals surface area (Å²) in [5, 5.41) is 0. The van der Waals surface area contributed by atoms with E-state index in [9.17, 15) is 17.8 Å². The first-order valence-electron chi connectivity index (χ1n) is 4.17. The largest absolute Gasteiger partial charge is 1.00 e. The molecular formula is C8HI4LiO5S. The number of carbonyl (C=O) groups excluding carboxylic acids is 1. The smallest absolute Gasteiger partial charge is 0.745 e. The molecule has 0 spiro atoms. The number of ether oxygens (including phenoxy) is 1. The number of hydrogen-bond donors (Lipinski definition) is 0. The molecule has 11 heteroatoms. The van der Waals surface area contributed by atoms with E-state index in [2.05, 4.69) is 22.6 Å². The van der Waals surface area contributed by atoms with Gasteiger partial charge in [0.1, 0.15) is 10.1 Å². The van der Waals surface area contributed by atoms with Gasteiger partial charge in [-0.25, -0.2) is 13.2 Å². The van der Waals surface area contributed by atoms with Crippen LogP contribution in [0.5, 0.6) is 0 Å². The monoisotopic (exact) mass is 724 g/mol. The number of fused-ring (bicyclic) bond motifs is 1. The van der Waals surface area contributed by atoms with Crippen LogP contribution in [-0.4, -0.2) is 18.9 Å². The van der Waals surface area contributed by atoms with Gasteiger partial charge >= 0.3 is 24.8 Å². The molecule has 1 aromatic rings. The van der Waals surface area contributed by atoms with Gasteiger partial charge in [0, 0.05) is 19.8 Å². The fourth-order valence-electron chi connectivity index (χ4n) is 1.49. The summed E-state index contributed by atoms with van der Waals surface area (Å²) in [5.41, 5.74) is -1.37. The van der Waals surface area contributed by atoms with E-state index in [4.69, 9.17) is 4.74 Å². The van der Waals surface area contributed by atoms with E-state index in [1.54, 1.807) is 0 Å². The minimum atomic E-state index is -4.72. The zero-order valence-corrected chi connectivity index (χ0v) is 18.5. The van der Waals surface area contributed by atoms with Gasteiger partial charge in [0.15, 0.2) is 0 Å². The Kier molecular flexibility index (Phi) is 6.76. The van der Waals surface area contributed by atoms with Crippen LogP contribution in [0.1, 0.15) is 21.4 Å². The number of hydrogen-bond acceptors (Lipinski definition) is 5. The van der Waals surface area contributed by atoms with Gasteiger partial charge in [-0.3, -0.25) is 0 Å². The molecule has 0 saturated heterocycles. The van der Waals surface area contributed by atoms with Crippen LogP contribution in [0.3, 0.4) is 0 Å². The van der Waals surface area contributed by atoms with Gasteiger partial charge in [0.2, 0.25) is 5.44 Å². The Morgan fingerprint density at radius 3 is 1.95 bits per heavy atom. The second-order valence-electron chi connectivity index (χ2n) is 3.27. The van der Waals surface area contributed by atoms with E-state index in [1.807, 2.05) is 67.8 Å². The third-order valence-corrected chi connectivity index (χ3v) is 10.5. The molecule has 1 aliphatic rings. The first-order chi connectivity index (χ1) is 8.16. The van der Waals surface area contributed by atoms with E-state index in [1.165, 1.54) is 0 Å². The Morgan fingerprint density at radius 1 is 1.00 bits per heavy atom. The van der Waals surface area contributed by atoms with Gasteiger partial charge in [-0.05, 0) is 90.4 Å². The molecule has 2 rings (SSSR count). The fraction of sp³-hybridized carbons (Fsp3) is 0.125. The second kappa shape index (κ2) is 6.70. The van der Waals surface area contributed by atoms with Crippen molar-refractivity contribution in [1.29, 1.82) is 0 Å². The summed E-state index contributed by atoms with van der Waals surface area (Å²) in [7, 11) is -4.72. The molecule has 0 bridgehead atoms. The molecule has 98 valence electrons. The van der Waals surface area contributed by atoms with Gasteiger partial charge in [-0.1, -0.05) is 0 Å². The van der Waals surface area contributed by atoms with Crippen LogP contribution in [0.4, 0.5) is 0 Å². The van der Waals surface area contributed by atoms with Crippen LogP contribution in [-0.2, 0) is 14.9 Å². The van der Waals surface area contributed by atoms with E-state index in [0.717, 1.165) is 7.14 Å². The average Bonchev–Trinajstić information content (AvgIpc) is 2.61. The first-order valence-corrected chi connectivity index (χ1v) is 9.96. The Hall–Kier alpha value is 2.12. The van der Waals surface area contributed by atoms with Crippen molar-refractivity contribution in [2.24, 2.45) is 0 Å². The molecule has 1 unspecified atom stereocenters. The summed E-state index contributed by atoms with van der Waals surface area (Å²) in [4.78, 5) is 11.7. The number of carbonyl (C=O) groups is 1. The molecule has 0 N–H and O–H groups in total. The standard InChI is InChI=1S/C8H2I4O5S.Li/c9-3-1-2(4(10)6(12)5(3)11)8(17-7(1)13)18(14,15)16;/h8H,(H,14,15,16);/q;+1/p-1. The molecule has 0 aliphatic carbocycles. The molecular weight excluding hydrogens is 723 g/mol. The van der Waals surface area contributed by atoms with Gasteiger partial charge in [-0.2, -0.15) is 0 Å². The zero-order chi connectivity index (χ0) is 13.8. The number of rotatable bonds is 1. The second-order valence-corrected chi connectivity index (χ2v) is 9.00. The number of benzene rings is 1. The molecule has 1 aromatic carbocycles. The van der Waals surface area contributed by atoms with Crippen molar-refractivity contribution in [3.63, 3.8) is 0 Å². The van der Waals surface area contributed by atoms with Crippen molar-refractivity contribution in [3.8, 4) is 0 Å². The Bertz CT molecular complexity index is 674. The fourth-order valence-corrected chi connectivity index (χ4v) is 6.16. The summed E-state index contributed by atoms with van der Waals surface area (Å²) < 4.78 is 41.0. The van der Waals surface area contributed by atoms with Gasteiger partial charge in [0.25, 0.3) is 0 Å². The molecule has 1 heterocycles. The Balaban J connectivity index is 0.00000180. The van der Waals surface area contributed by atoms with E-state index in [-0.39, 0.29) is 30.0 Å². The van der Waals surface area contributed by atoms with Crippen molar-refractivity contribution >= 4 is 106 Å². The molecule has 19 heavy (non-hydrogen) atoms. The number of cyclic esters (lactones) is 1. The summed E-state index contributed by atoms with van der Waals surface area (Å²) in [6.45, 7) is 0. The topological polar surface area (TPSA) is 83.5 Å². The van der Waals surface area contributed by atoms with E-state index < -0.39 is 21.5 Å². The van der Waals surface area contributed by atoms with Crippen molar-refractivity contribution < 1.29 is 41.4 Å². The summed E-state index contributed by atoms with van der Waals surface area (Å²) in [5.74, 6) is -0.758. The third-order valence-electron chi connectivity index (χ3n) is 2.22. The third kappa shape index (κ3) is 3.39. The van der Waals surface area contributed by atoms with E-state index >= 15 is 0 Å². The minimum Gasteiger partial charge on any atom is -0.745 e. The summed E-state index contributed by atoms with van der Waals surface area (Å²) >= 11 is 8.00. The van der Waals surface area contributed by atoms with Crippen molar-refractivity contribution in [2.75, 3.05) is 0 Å². The van der Waals surface area contributed by atoms with Crippen molar-refractivity contribution in [2.45, 2.75) is 5.44 Å². The number of esters is 1. The molecule has 1 atom stereocenters. The van der Waals surface area contributed by atoms with Crippen molar-refractivity contribution in [1.82, 2.24) is 0 Å². The predicted octanol–water partition coefficient (Wildman–Crippen LogP) is -0.177. The molecule has 0 fully saturated rings. The molecule has 0 saturated carbocycles. The number of halogens is 4. The molecule has 0 radical (unpaired) electrons. The zero-order valence-electron chi connectivity index (χ0n) is 9.04. The van der Waals surface area contributed by atoms with Crippen LogP contribution in [0.15, 0.2) is 0 Å². The van der Waals surface area contributed by atoms with Crippen LogP contribution in [0.2, 0.25) is 0 Å². The maximum atomic E-state index is 11.7. The molecule has 5 nitrogen and oxygen atoms in total. The van der Waals surface area contributed by atoms with Crippen molar-refractivity contribution in [3.05, 3.63) is 25.4 Å². The molecule has 0 aromatic heterocycles. The first kappa shape index (κ1) is 19.2. The molecule has 0 amide bonds. The van der Waals surface area contributed by atoms with Crippen LogP contribution >= 0.6 is 90.4 Å². The van der Waals surface area contributed by atoms with Gasteiger partial charge < -0.3 is 9.29 Å². The predicted molar refractivity (Wildman–Crippen MR) is 95.2 cm³/mol. The Labute approximate surface area is 175 Å². The van der Waals surface area contributed by atoms with Gasteiger partial charge in [0.05, 0.1) is 5.56 Å². The van der Waals surface area contributed by atoms with Crippen LogP contribution in [0.25, 0.3) is 0 Å². The average molecular weight is 724 g/mol. The molecule has 1 aliphatic heterocycles. The normalized spacial score (nSPS) is 17.7. The minimum absolute atomic E-state index is 0. The quantitative estimate of drug-likeness (QED) is 0.100. The maximum absolute atomic E-state index is 11.7. The Morgan fingerprint density at radius 2 is 1.47 bits per heavy atom.